The number of fused-ring (bicyclic) bond motifs is 1. The zero-order valence-electron chi connectivity index (χ0n) is 10.7. The minimum Gasteiger partial charge on any atom is -0.372 e. The van der Waals surface area contributed by atoms with Gasteiger partial charge >= 0.3 is 0 Å². The Morgan fingerprint density at radius 1 is 1.00 bits per heavy atom. The van der Waals surface area contributed by atoms with Crippen molar-refractivity contribution in [1.29, 1.82) is 0 Å². The number of thioether (sulfide) groups is 1. The van der Waals surface area contributed by atoms with Gasteiger partial charge in [0.05, 0.1) is 18.0 Å². The van der Waals surface area contributed by atoms with Crippen LogP contribution in [0.25, 0.3) is 0 Å². The molecule has 0 N–H and O–H groups in total. The molecule has 0 saturated carbocycles. The standard InChI is InChI=1S/C16H15BrOS/c1-19-15-6-4-11(5-7-15)16(17)12-2-3-13-9-18-10-14(13)8-12/h2-8,16H,9-10H2,1H3. The molecule has 98 valence electrons. The molecule has 1 nitrogen and oxygen atoms in total. The third-order valence-electron chi connectivity index (χ3n) is 3.45. The fourth-order valence-electron chi connectivity index (χ4n) is 2.31. The van der Waals surface area contributed by atoms with Crippen LogP contribution in [-0.4, -0.2) is 6.26 Å². The first-order valence-corrected chi connectivity index (χ1v) is 8.39. The highest BCUT2D eigenvalue weighted by Crippen LogP contribution is 2.34. The number of rotatable bonds is 3. The van der Waals surface area contributed by atoms with E-state index in [1.165, 1.54) is 27.1 Å². The molecule has 2 aromatic rings. The second kappa shape index (κ2) is 5.70. The molecule has 3 rings (SSSR count). The van der Waals surface area contributed by atoms with Gasteiger partial charge in [0.1, 0.15) is 0 Å². The van der Waals surface area contributed by atoms with E-state index in [-0.39, 0.29) is 4.83 Å². The fraction of sp³-hybridized carbons (Fsp3) is 0.250. The van der Waals surface area contributed by atoms with E-state index in [1.54, 1.807) is 11.8 Å². The summed E-state index contributed by atoms with van der Waals surface area (Å²) in [6.45, 7) is 1.50. The number of halogens is 1. The summed E-state index contributed by atoms with van der Waals surface area (Å²) in [7, 11) is 0. The van der Waals surface area contributed by atoms with Crippen molar-refractivity contribution in [2.45, 2.75) is 22.9 Å². The molecule has 0 saturated heterocycles. The Bertz CT molecular complexity index is 580. The van der Waals surface area contributed by atoms with E-state index in [2.05, 4.69) is 64.7 Å². The first-order valence-electron chi connectivity index (χ1n) is 6.25. The van der Waals surface area contributed by atoms with E-state index in [4.69, 9.17) is 4.74 Å². The SMILES string of the molecule is CSc1ccc(C(Br)c2ccc3c(c2)COC3)cc1. The first-order chi connectivity index (χ1) is 9.28. The zero-order valence-corrected chi connectivity index (χ0v) is 13.1. The molecule has 0 radical (unpaired) electrons. The Morgan fingerprint density at radius 3 is 2.42 bits per heavy atom. The van der Waals surface area contributed by atoms with E-state index >= 15 is 0 Å². The van der Waals surface area contributed by atoms with Gasteiger partial charge in [-0.05, 0) is 40.6 Å². The average molecular weight is 335 g/mol. The largest absolute Gasteiger partial charge is 0.372 e. The smallest absolute Gasteiger partial charge is 0.0725 e. The highest BCUT2D eigenvalue weighted by atomic mass is 79.9. The van der Waals surface area contributed by atoms with Crippen LogP contribution >= 0.6 is 27.7 Å². The van der Waals surface area contributed by atoms with Crippen LogP contribution in [0.2, 0.25) is 0 Å². The van der Waals surface area contributed by atoms with Crippen molar-refractivity contribution in [1.82, 2.24) is 0 Å². The summed E-state index contributed by atoms with van der Waals surface area (Å²) in [4.78, 5) is 1.54. The van der Waals surface area contributed by atoms with Crippen LogP contribution in [-0.2, 0) is 18.0 Å². The molecule has 0 aliphatic carbocycles. The lowest BCUT2D eigenvalue weighted by Gasteiger charge is -2.12. The minimum atomic E-state index is 0.245. The maximum Gasteiger partial charge on any atom is 0.0725 e. The molecule has 0 amide bonds. The van der Waals surface area contributed by atoms with Crippen LogP contribution in [0.1, 0.15) is 27.1 Å². The molecule has 1 unspecified atom stereocenters. The number of hydrogen-bond donors (Lipinski definition) is 0. The molecule has 19 heavy (non-hydrogen) atoms. The molecule has 2 aromatic carbocycles. The highest BCUT2D eigenvalue weighted by Gasteiger charge is 2.15. The van der Waals surface area contributed by atoms with E-state index in [0.29, 0.717) is 0 Å². The van der Waals surface area contributed by atoms with Gasteiger partial charge in [-0.1, -0.05) is 46.3 Å². The van der Waals surface area contributed by atoms with Crippen molar-refractivity contribution in [3.05, 3.63) is 64.7 Å². The number of benzene rings is 2. The van der Waals surface area contributed by atoms with Crippen molar-refractivity contribution in [3.8, 4) is 0 Å². The van der Waals surface area contributed by atoms with Gasteiger partial charge in [0.15, 0.2) is 0 Å². The predicted molar refractivity (Wildman–Crippen MR) is 83.9 cm³/mol. The zero-order chi connectivity index (χ0) is 13.2. The van der Waals surface area contributed by atoms with Crippen LogP contribution in [0.3, 0.4) is 0 Å². The second-order valence-electron chi connectivity index (χ2n) is 4.66. The van der Waals surface area contributed by atoms with E-state index in [1.807, 2.05) is 0 Å². The molecular weight excluding hydrogens is 320 g/mol. The monoisotopic (exact) mass is 334 g/mol. The molecule has 1 aliphatic rings. The van der Waals surface area contributed by atoms with E-state index in [9.17, 15) is 0 Å². The van der Waals surface area contributed by atoms with Gasteiger partial charge in [-0.25, -0.2) is 0 Å². The number of alkyl halides is 1. The Kier molecular flexibility index (Phi) is 3.96. The van der Waals surface area contributed by atoms with E-state index in [0.717, 1.165) is 13.2 Å². The summed E-state index contributed by atoms with van der Waals surface area (Å²) in [6.07, 6.45) is 2.10. The summed E-state index contributed by atoms with van der Waals surface area (Å²) in [5.41, 5.74) is 5.22. The molecule has 0 spiro atoms. The van der Waals surface area contributed by atoms with Crippen molar-refractivity contribution < 1.29 is 4.74 Å². The number of ether oxygens (including phenoxy) is 1. The minimum absolute atomic E-state index is 0.245. The Morgan fingerprint density at radius 2 is 1.68 bits per heavy atom. The molecule has 1 heterocycles. The second-order valence-corrected chi connectivity index (χ2v) is 6.45. The molecular formula is C16H15BrOS. The predicted octanol–water partition coefficient (Wildman–Crippen LogP) is 4.92. The van der Waals surface area contributed by atoms with Gasteiger partial charge in [-0.2, -0.15) is 0 Å². The van der Waals surface area contributed by atoms with Crippen LogP contribution in [0, 0.1) is 0 Å². The van der Waals surface area contributed by atoms with Gasteiger partial charge in [0, 0.05) is 4.90 Å². The molecule has 3 heteroatoms. The van der Waals surface area contributed by atoms with Crippen LogP contribution in [0.5, 0.6) is 0 Å². The van der Waals surface area contributed by atoms with Crippen molar-refractivity contribution in [3.63, 3.8) is 0 Å². The first kappa shape index (κ1) is 13.2. The maximum absolute atomic E-state index is 5.47. The van der Waals surface area contributed by atoms with Crippen molar-refractivity contribution >= 4 is 27.7 Å². The third kappa shape index (κ3) is 2.73. The van der Waals surface area contributed by atoms with Gasteiger partial charge in [-0.3, -0.25) is 0 Å². The molecule has 1 atom stereocenters. The molecule has 1 aliphatic heterocycles. The van der Waals surface area contributed by atoms with Gasteiger partial charge in [0.25, 0.3) is 0 Å². The van der Waals surface area contributed by atoms with E-state index < -0.39 is 0 Å². The summed E-state index contributed by atoms with van der Waals surface area (Å²) in [6, 6.07) is 15.3. The topological polar surface area (TPSA) is 9.23 Å². The lowest BCUT2D eigenvalue weighted by atomic mass is 10.0. The molecule has 0 bridgehead atoms. The van der Waals surface area contributed by atoms with Crippen molar-refractivity contribution in [2.24, 2.45) is 0 Å². The molecule has 0 aromatic heterocycles. The highest BCUT2D eigenvalue weighted by molar-refractivity contribution is 9.09. The lowest BCUT2D eigenvalue weighted by molar-refractivity contribution is 0.134. The fourth-order valence-corrected chi connectivity index (χ4v) is 3.31. The summed E-state index contributed by atoms with van der Waals surface area (Å²) >= 11 is 5.57. The van der Waals surface area contributed by atoms with Gasteiger partial charge in [-0.15, -0.1) is 11.8 Å². The van der Waals surface area contributed by atoms with Gasteiger partial charge in [0.2, 0.25) is 0 Å². The quantitative estimate of drug-likeness (QED) is 0.581. The third-order valence-corrected chi connectivity index (χ3v) is 5.25. The summed E-state index contributed by atoms with van der Waals surface area (Å²) in [5, 5.41) is 0. The Balaban J connectivity index is 1.88. The van der Waals surface area contributed by atoms with Crippen LogP contribution < -0.4 is 0 Å². The summed E-state index contributed by atoms with van der Waals surface area (Å²) in [5.74, 6) is 0. The summed E-state index contributed by atoms with van der Waals surface area (Å²) < 4.78 is 5.47. The normalized spacial score (nSPS) is 15.3. The number of hydrogen-bond acceptors (Lipinski definition) is 2. The maximum atomic E-state index is 5.47. The van der Waals surface area contributed by atoms with Crippen LogP contribution in [0.15, 0.2) is 47.4 Å². The van der Waals surface area contributed by atoms with Crippen molar-refractivity contribution in [2.75, 3.05) is 6.26 Å². The Labute approximate surface area is 126 Å². The van der Waals surface area contributed by atoms with Gasteiger partial charge < -0.3 is 4.74 Å². The average Bonchev–Trinajstić information content (AvgIpc) is 2.94. The molecule has 0 fully saturated rings. The lowest BCUT2D eigenvalue weighted by Crippen LogP contribution is -1.94. The van der Waals surface area contributed by atoms with Crippen LogP contribution in [0.4, 0.5) is 0 Å². The Hall–Kier alpha value is -0.770.